The Balaban J connectivity index is 2.00. The van der Waals surface area contributed by atoms with E-state index in [4.69, 9.17) is 11.6 Å². The first-order valence-corrected chi connectivity index (χ1v) is 9.81. The number of aromatic nitrogens is 2. The third-order valence-corrected chi connectivity index (χ3v) is 5.68. The van der Waals surface area contributed by atoms with Gasteiger partial charge in [-0.25, -0.2) is 4.98 Å². The monoisotopic (exact) mass is 379 g/mol. The average molecular weight is 380 g/mol. The summed E-state index contributed by atoms with van der Waals surface area (Å²) >= 11 is 7.40. The van der Waals surface area contributed by atoms with E-state index < -0.39 is 0 Å². The van der Waals surface area contributed by atoms with Crippen LogP contribution in [0.15, 0.2) is 28.2 Å². The van der Waals surface area contributed by atoms with Crippen molar-refractivity contribution in [1.29, 1.82) is 0 Å². The van der Waals surface area contributed by atoms with Gasteiger partial charge in [-0.1, -0.05) is 23.4 Å². The molecule has 7 heteroatoms. The number of carbonyl (C=O) groups is 1. The van der Waals surface area contributed by atoms with E-state index in [0.717, 1.165) is 25.9 Å². The van der Waals surface area contributed by atoms with Gasteiger partial charge in [-0.05, 0) is 51.8 Å². The molecule has 0 spiro atoms. The minimum Gasteiger partial charge on any atom is -0.342 e. The largest absolute Gasteiger partial charge is 0.342 e. The van der Waals surface area contributed by atoms with Gasteiger partial charge in [-0.2, -0.15) is 0 Å². The SMILES string of the molecule is CC(C)n1c(S[C@H](C)C(=O)N2CCCC2)nc2cc(Cl)ccc2c1=O. The molecule has 1 aromatic carbocycles. The summed E-state index contributed by atoms with van der Waals surface area (Å²) in [6.07, 6.45) is 2.12. The first-order valence-electron chi connectivity index (χ1n) is 8.55. The Morgan fingerprint density at radius 2 is 1.92 bits per heavy atom. The summed E-state index contributed by atoms with van der Waals surface area (Å²) < 4.78 is 1.66. The summed E-state index contributed by atoms with van der Waals surface area (Å²) in [4.78, 5) is 32.0. The third-order valence-electron chi connectivity index (χ3n) is 4.40. The maximum atomic E-state index is 12.9. The second-order valence-electron chi connectivity index (χ2n) is 6.62. The van der Waals surface area contributed by atoms with Crippen LogP contribution in [0.5, 0.6) is 0 Å². The molecule has 0 unspecified atom stereocenters. The molecule has 1 fully saturated rings. The molecule has 5 nitrogen and oxygen atoms in total. The minimum atomic E-state index is -0.286. The fourth-order valence-corrected chi connectivity index (χ4v) is 4.38. The molecule has 1 aliphatic rings. The molecule has 0 bridgehead atoms. The molecule has 0 N–H and O–H groups in total. The Bertz CT molecular complexity index is 859. The first-order chi connectivity index (χ1) is 11.9. The lowest BCUT2D eigenvalue weighted by Crippen LogP contribution is -2.35. The Labute approximate surface area is 156 Å². The Hall–Kier alpha value is -1.53. The number of amides is 1. The molecule has 134 valence electrons. The molecule has 0 aliphatic carbocycles. The number of likely N-dealkylation sites (tertiary alicyclic amines) is 1. The molecule has 1 saturated heterocycles. The number of rotatable bonds is 4. The Morgan fingerprint density at radius 3 is 2.56 bits per heavy atom. The van der Waals surface area contributed by atoms with Crippen molar-refractivity contribution in [2.24, 2.45) is 0 Å². The van der Waals surface area contributed by atoms with E-state index in [2.05, 4.69) is 4.98 Å². The lowest BCUT2D eigenvalue weighted by atomic mass is 10.2. The smallest absolute Gasteiger partial charge is 0.262 e. The molecule has 1 amide bonds. The van der Waals surface area contributed by atoms with Crippen LogP contribution >= 0.6 is 23.4 Å². The van der Waals surface area contributed by atoms with E-state index in [1.54, 1.807) is 22.8 Å². The molecular weight excluding hydrogens is 358 g/mol. The standard InChI is InChI=1S/C18H22ClN3O2S/c1-11(2)22-17(24)14-7-6-13(19)10-15(14)20-18(22)25-12(3)16(23)21-8-4-5-9-21/h6-7,10-12H,4-5,8-9H2,1-3H3/t12-/m1/s1. The molecule has 1 aromatic heterocycles. The van der Waals surface area contributed by atoms with Crippen LogP contribution in [0, 0.1) is 0 Å². The lowest BCUT2D eigenvalue weighted by molar-refractivity contribution is -0.129. The molecule has 0 saturated carbocycles. The fourth-order valence-electron chi connectivity index (χ4n) is 3.09. The van der Waals surface area contributed by atoms with Crippen LogP contribution < -0.4 is 5.56 Å². The average Bonchev–Trinajstić information content (AvgIpc) is 3.07. The second-order valence-corrected chi connectivity index (χ2v) is 8.36. The van der Waals surface area contributed by atoms with E-state index in [1.807, 2.05) is 25.7 Å². The zero-order valence-corrected chi connectivity index (χ0v) is 16.2. The van der Waals surface area contributed by atoms with Crippen molar-refractivity contribution in [3.63, 3.8) is 0 Å². The third kappa shape index (κ3) is 3.70. The van der Waals surface area contributed by atoms with Crippen LogP contribution in [0.2, 0.25) is 5.02 Å². The lowest BCUT2D eigenvalue weighted by Gasteiger charge is -2.22. The van der Waals surface area contributed by atoms with Gasteiger partial charge in [-0.3, -0.25) is 14.2 Å². The van der Waals surface area contributed by atoms with E-state index in [0.29, 0.717) is 21.1 Å². The van der Waals surface area contributed by atoms with Crippen LogP contribution in [-0.2, 0) is 4.79 Å². The molecule has 2 heterocycles. The zero-order chi connectivity index (χ0) is 18.1. The summed E-state index contributed by atoms with van der Waals surface area (Å²) in [6.45, 7) is 7.41. The van der Waals surface area contributed by atoms with E-state index in [9.17, 15) is 9.59 Å². The number of carbonyl (C=O) groups excluding carboxylic acids is 1. The van der Waals surface area contributed by atoms with Crippen molar-refractivity contribution in [1.82, 2.24) is 14.5 Å². The van der Waals surface area contributed by atoms with Gasteiger partial charge in [0.05, 0.1) is 16.2 Å². The fraction of sp³-hybridized carbons (Fsp3) is 0.500. The van der Waals surface area contributed by atoms with E-state index >= 15 is 0 Å². The summed E-state index contributed by atoms with van der Waals surface area (Å²) in [5.74, 6) is 0.109. The van der Waals surface area contributed by atoms with Gasteiger partial charge in [0.25, 0.3) is 5.56 Å². The van der Waals surface area contributed by atoms with Gasteiger partial charge in [0, 0.05) is 24.2 Å². The van der Waals surface area contributed by atoms with Crippen molar-refractivity contribution < 1.29 is 4.79 Å². The molecular formula is C18H22ClN3O2S. The molecule has 2 aromatic rings. The Morgan fingerprint density at radius 1 is 1.24 bits per heavy atom. The van der Waals surface area contributed by atoms with Crippen LogP contribution in [0.3, 0.4) is 0 Å². The first kappa shape index (κ1) is 18.3. The van der Waals surface area contributed by atoms with Crippen molar-refractivity contribution in [2.45, 2.75) is 50.1 Å². The van der Waals surface area contributed by atoms with Crippen LogP contribution in [0.1, 0.15) is 39.7 Å². The van der Waals surface area contributed by atoms with Gasteiger partial charge >= 0.3 is 0 Å². The van der Waals surface area contributed by atoms with Crippen LogP contribution in [0.4, 0.5) is 0 Å². The highest BCUT2D eigenvalue weighted by Crippen LogP contribution is 2.27. The van der Waals surface area contributed by atoms with Crippen molar-refractivity contribution in [3.8, 4) is 0 Å². The second kappa shape index (κ2) is 7.38. The van der Waals surface area contributed by atoms with Gasteiger partial charge < -0.3 is 4.90 Å². The highest BCUT2D eigenvalue weighted by molar-refractivity contribution is 8.00. The summed E-state index contributed by atoms with van der Waals surface area (Å²) in [5, 5.41) is 1.36. The number of halogens is 1. The van der Waals surface area contributed by atoms with Crippen molar-refractivity contribution in [2.75, 3.05) is 13.1 Å². The van der Waals surface area contributed by atoms with Gasteiger partial charge in [0.15, 0.2) is 5.16 Å². The maximum absolute atomic E-state index is 12.9. The predicted molar refractivity (Wildman–Crippen MR) is 103 cm³/mol. The maximum Gasteiger partial charge on any atom is 0.262 e. The number of benzene rings is 1. The summed E-state index contributed by atoms with van der Waals surface area (Å²) in [6, 6.07) is 5.06. The summed E-state index contributed by atoms with van der Waals surface area (Å²) in [7, 11) is 0. The number of hydrogen-bond donors (Lipinski definition) is 0. The van der Waals surface area contributed by atoms with E-state index in [1.165, 1.54) is 11.8 Å². The number of fused-ring (bicyclic) bond motifs is 1. The van der Waals surface area contributed by atoms with Crippen LogP contribution in [-0.4, -0.2) is 38.7 Å². The molecule has 25 heavy (non-hydrogen) atoms. The van der Waals surface area contributed by atoms with Gasteiger partial charge in [0.1, 0.15) is 0 Å². The van der Waals surface area contributed by atoms with Crippen molar-refractivity contribution in [3.05, 3.63) is 33.6 Å². The van der Waals surface area contributed by atoms with Crippen molar-refractivity contribution >= 4 is 40.2 Å². The number of thioether (sulfide) groups is 1. The van der Waals surface area contributed by atoms with Gasteiger partial charge in [-0.15, -0.1) is 0 Å². The number of nitrogens with zero attached hydrogens (tertiary/aromatic N) is 3. The highest BCUT2D eigenvalue weighted by atomic mass is 35.5. The quantitative estimate of drug-likeness (QED) is 0.600. The minimum absolute atomic E-state index is 0.0448. The Kier molecular flexibility index (Phi) is 5.39. The summed E-state index contributed by atoms with van der Waals surface area (Å²) in [5.41, 5.74) is 0.470. The molecule has 1 atom stereocenters. The van der Waals surface area contributed by atoms with Gasteiger partial charge in [0.2, 0.25) is 5.91 Å². The molecule has 0 radical (unpaired) electrons. The highest BCUT2D eigenvalue weighted by Gasteiger charge is 2.26. The van der Waals surface area contributed by atoms with E-state index in [-0.39, 0.29) is 22.8 Å². The predicted octanol–water partition coefficient (Wildman–Crippen LogP) is 3.73. The topological polar surface area (TPSA) is 55.2 Å². The molecule has 1 aliphatic heterocycles. The molecule has 3 rings (SSSR count). The zero-order valence-electron chi connectivity index (χ0n) is 14.7. The number of hydrogen-bond acceptors (Lipinski definition) is 4. The normalized spacial score (nSPS) is 16.0. The van der Waals surface area contributed by atoms with Crippen LogP contribution in [0.25, 0.3) is 10.9 Å².